The van der Waals surface area contributed by atoms with Gasteiger partial charge in [0, 0.05) is 16.6 Å². The van der Waals surface area contributed by atoms with Crippen LogP contribution in [0.3, 0.4) is 0 Å². The lowest BCUT2D eigenvalue weighted by Gasteiger charge is -2.12. The number of halogens is 1. The van der Waals surface area contributed by atoms with Crippen molar-refractivity contribution in [2.45, 2.75) is 39.7 Å². The fourth-order valence-electron chi connectivity index (χ4n) is 1.55. The highest BCUT2D eigenvalue weighted by molar-refractivity contribution is 9.10. The molecule has 0 atom stereocenters. The zero-order valence-electron chi connectivity index (χ0n) is 10.8. The molecular formula is C14H22BrNO. The monoisotopic (exact) mass is 299 g/mol. The Bertz CT molecular complexity index is 328. The highest BCUT2D eigenvalue weighted by Crippen LogP contribution is 2.23. The van der Waals surface area contributed by atoms with E-state index < -0.39 is 0 Å². The highest BCUT2D eigenvalue weighted by atomic mass is 79.9. The van der Waals surface area contributed by atoms with Crippen LogP contribution in [0.15, 0.2) is 22.7 Å². The van der Waals surface area contributed by atoms with E-state index >= 15 is 0 Å². The number of rotatable bonds is 8. The average molecular weight is 300 g/mol. The molecule has 0 aliphatic carbocycles. The summed E-state index contributed by atoms with van der Waals surface area (Å²) in [7, 11) is 0. The van der Waals surface area contributed by atoms with Gasteiger partial charge < -0.3 is 10.1 Å². The van der Waals surface area contributed by atoms with Gasteiger partial charge in [0.15, 0.2) is 0 Å². The molecule has 17 heavy (non-hydrogen) atoms. The predicted molar refractivity (Wildman–Crippen MR) is 76.5 cm³/mol. The van der Waals surface area contributed by atoms with E-state index in [1.54, 1.807) is 0 Å². The van der Waals surface area contributed by atoms with Crippen molar-refractivity contribution < 1.29 is 4.74 Å². The molecule has 0 aliphatic rings. The molecule has 0 radical (unpaired) electrons. The second-order valence-corrected chi connectivity index (χ2v) is 5.05. The van der Waals surface area contributed by atoms with Crippen molar-refractivity contribution in [2.24, 2.45) is 0 Å². The molecule has 0 bridgehead atoms. The molecule has 1 aromatic rings. The van der Waals surface area contributed by atoms with E-state index in [2.05, 4.69) is 41.2 Å². The van der Waals surface area contributed by atoms with Gasteiger partial charge in [0.2, 0.25) is 0 Å². The van der Waals surface area contributed by atoms with E-state index in [0.717, 1.165) is 42.8 Å². The summed E-state index contributed by atoms with van der Waals surface area (Å²) in [6.45, 7) is 7.07. The van der Waals surface area contributed by atoms with Gasteiger partial charge >= 0.3 is 0 Å². The zero-order chi connectivity index (χ0) is 12.5. The van der Waals surface area contributed by atoms with Crippen LogP contribution in [0.4, 0.5) is 0 Å². The molecule has 0 aliphatic heterocycles. The summed E-state index contributed by atoms with van der Waals surface area (Å²) < 4.78 is 6.91. The Kier molecular flexibility index (Phi) is 7.29. The minimum Gasteiger partial charge on any atom is -0.493 e. The lowest BCUT2D eigenvalue weighted by Crippen LogP contribution is -2.14. The van der Waals surface area contributed by atoms with E-state index in [4.69, 9.17) is 4.74 Å². The normalized spacial score (nSPS) is 10.5. The maximum Gasteiger partial charge on any atom is 0.123 e. The minimum atomic E-state index is 0.804. The molecule has 0 aromatic heterocycles. The van der Waals surface area contributed by atoms with Crippen molar-refractivity contribution in [1.29, 1.82) is 0 Å². The molecular weight excluding hydrogens is 278 g/mol. The van der Waals surface area contributed by atoms with Gasteiger partial charge in [-0.05, 0) is 37.6 Å². The molecule has 0 heterocycles. The Labute approximate surface area is 113 Å². The van der Waals surface area contributed by atoms with E-state index in [1.165, 1.54) is 12.0 Å². The molecule has 0 fully saturated rings. The van der Waals surface area contributed by atoms with Gasteiger partial charge in [0.1, 0.15) is 5.75 Å². The Morgan fingerprint density at radius 3 is 2.76 bits per heavy atom. The summed E-state index contributed by atoms with van der Waals surface area (Å²) in [6.07, 6.45) is 3.43. The second kappa shape index (κ2) is 8.54. The minimum absolute atomic E-state index is 0.804. The van der Waals surface area contributed by atoms with Crippen LogP contribution < -0.4 is 10.1 Å². The summed E-state index contributed by atoms with van der Waals surface area (Å²) in [5.41, 5.74) is 1.23. The molecule has 0 saturated heterocycles. The first-order chi connectivity index (χ1) is 8.27. The van der Waals surface area contributed by atoms with Gasteiger partial charge in [-0.2, -0.15) is 0 Å². The van der Waals surface area contributed by atoms with Crippen LogP contribution >= 0.6 is 15.9 Å². The lowest BCUT2D eigenvalue weighted by molar-refractivity contribution is 0.305. The molecule has 1 N–H and O–H groups in total. The number of nitrogens with one attached hydrogen (secondary N) is 1. The molecule has 1 aromatic carbocycles. The van der Waals surface area contributed by atoms with Crippen LogP contribution in [0.1, 0.15) is 38.7 Å². The molecule has 96 valence electrons. The van der Waals surface area contributed by atoms with Crippen LogP contribution in [-0.2, 0) is 6.54 Å². The third kappa shape index (κ3) is 5.55. The maximum absolute atomic E-state index is 5.80. The molecule has 0 amide bonds. The van der Waals surface area contributed by atoms with E-state index in [-0.39, 0.29) is 0 Å². The summed E-state index contributed by atoms with van der Waals surface area (Å²) in [6, 6.07) is 6.21. The Morgan fingerprint density at radius 1 is 1.24 bits per heavy atom. The summed E-state index contributed by atoms with van der Waals surface area (Å²) in [4.78, 5) is 0. The average Bonchev–Trinajstić information content (AvgIpc) is 2.32. The van der Waals surface area contributed by atoms with E-state index in [1.807, 2.05) is 12.1 Å². The standard InChI is InChI=1S/C14H22BrNO/c1-3-5-9-17-14-7-6-13(15)10-12(14)11-16-8-4-2/h6-7,10,16H,3-5,8-9,11H2,1-2H3. The quantitative estimate of drug-likeness (QED) is 0.729. The molecule has 2 nitrogen and oxygen atoms in total. The first-order valence-corrected chi connectivity index (χ1v) is 7.19. The van der Waals surface area contributed by atoms with Gasteiger partial charge in [-0.3, -0.25) is 0 Å². The van der Waals surface area contributed by atoms with Crippen LogP contribution in [0.2, 0.25) is 0 Å². The van der Waals surface area contributed by atoms with Crippen molar-refractivity contribution in [3.05, 3.63) is 28.2 Å². The predicted octanol–water partition coefficient (Wildman–Crippen LogP) is 4.13. The van der Waals surface area contributed by atoms with Crippen LogP contribution in [0, 0.1) is 0 Å². The fraction of sp³-hybridized carbons (Fsp3) is 0.571. The number of unbranched alkanes of at least 4 members (excludes halogenated alkanes) is 1. The Balaban J connectivity index is 2.59. The van der Waals surface area contributed by atoms with Crippen molar-refractivity contribution in [3.8, 4) is 5.75 Å². The number of hydrogen-bond acceptors (Lipinski definition) is 2. The summed E-state index contributed by atoms with van der Waals surface area (Å²) in [5.74, 6) is 1.00. The number of hydrogen-bond donors (Lipinski definition) is 1. The van der Waals surface area contributed by atoms with Gasteiger partial charge in [0.25, 0.3) is 0 Å². The number of ether oxygens (including phenoxy) is 1. The molecule has 0 unspecified atom stereocenters. The smallest absolute Gasteiger partial charge is 0.123 e. The molecule has 0 saturated carbocycles. The zero-order valence-corrected chi connectivity index (χ0v) is 12.3. The molecule has 1 rings (SSSR count). The van der Waals surface area contributed by atoms with E-state index in [9.17, 15) is 0 Å². The van der Waals surface area contributed by atoms with Gasteiger partial charge in [-0.15, -0.1) is 0 Å². The van der Waals surface area contributed by atoms with Crippen LogP contribution in [0.5, 0.6) is 5.75 Å². The Morgan fingerprint density at radius 2 is 2.06 bits per heavy atom. The van der Waals surface area contributed by atoms with Crippen LogP contribution in [-0.4, -0.2) is 13.2 Å². The Hall–Kier alpha value is -0.540. The van der Waals surface area contributed by atoms with Crippen molar-refractivity contribution >= 4 is 15.9 Å². The van der Waals surface area contributed by atoms with Gasteiger partial charge in [0.05, 0.1) is 6.61 Å². The third-order valence-corrected chi connectivity index (χ3v) is 3.01. The SMILES string of the molecule is CCCCOc1ccc(Br)cc1CNCCC. The molecule has 0 spiro atoms. The first kappa shape index (κ1) is 14.5. The first-order valence-electron chi connectivity index (χ1n) is 6.39. The summed E-state index contributed by atoms with van der Waals surface area (Å²) in [5, 5.41) is 3.41. The van der Waals surface area contributed by atoms with Crippen molar-refractivity contribution in [1.82, 2.24) is 5.32 Å². The van der Waals surface area contributed by atoms with Crippen molar-refractivity contribution in [3.63, 3.8) is 0 Å². The maximum atomic E-state index is 5.80. The van der Waals surface area contributed by atoms with Crippen LogP contribution in [0.25, 0.3) is 0 Å². The largest absolute Gasteiger partial charge is 0.493 e. The topological polar surface area (TPSA) is 21.3 Å². The molecule has 3 heteroatoms. The fourth-order valence-corrected chi connectivity index (χ4v) is 1.96. The second-order valence-electron chi connectivity index (χ2n) is 4.13. The van der Waals surface area contributed by atoms with Gasteiger partial charge in [-0.25, -0.2) is 0 Å². The van der Waals surface area contributed by atoms with E-state index in [0.29, 0.717) is 0 Å². The highest BCUT2D eigenvalue weighted by Gasteiger charge is 2.04. The van der Waals surface area contributed by atoms with Crippen molar-refractivity contribution in [2.75, 3.05) is 13.2 Å². The lowest BCUT2D eigenvalue weighted by atomic mass is 10.2. The number of benzene rings is 1. The third-order valence-electron chi connectivity index (χ3n) is 2.52. The summed E-state index contributed by atoms with van der Waals surface area (Å²) >= 11 is 3.50. The van der Waals surface area contributed by atoms with Gasteiger partial charge in [-0.1, -0.05) is 36.2 Å².